The zero-order chi connectivity index (χ0) is 20.0. The molecule has 148 valence electrons. The molecule has 1 saturated heterocycles. The molecule has 1 aliphatic heterocycles. The van der Waals surface area contributed by atoms with Crippen LogP contribution in [0.25, 0.3) is 0 Å². The maximum Gasteiger partial charge on any atom is 0.237 e. The Morgan fingerprint density at radius 1 is 0.929 bits per heavy atom. The average molecular weight is 379 g/mol. The molecule has 0 spiro atoms. The molecule has 1 heterocycles. The van der Waals surface area contributed by atoms with E-state index in [0.29, 0.717) is 12.5 Å². The van der Waals surface area contributed by atoms with Crippen LogP contribution in [0.4, 0.5) is 0 Å². The van der Waals surface area contributed by atoms with Gasteiger partial charge in [-0.3, -0.25) is 9.59 Å². The lowest BCUT2D eigenvalue weighted by Crippen LogP contribution is -2.51. The van der Waals surface area contributed by atoms with Gasteiger partial charge in [-0.1, -0.05) is 60.7 Å². The van der Waals surface area contributed by atoms with Gasteiger partial charge in [-0.2, -0.15) is 0 Å². The summed E-state index contributed by atoms with van der Waals surface area (Å²) in [5.41, 5.74) is 1.33. The van der Waals surface area contributed by atoms with Crippen LogP contribution in [-0.4, -0.2) is 29.8 Å². The van der Waals surface area contributed by atoms with Crippen molar-refractivity contribution in [3.8, 4) is 0 Å². The molecule has 0 aromatic heterocycles. The maximum absolute atomic E-state index is 13.0. The molecule has 4 heteroatoms. The molecule has 1 fully saturated rings. The molecule has 0 atom stereocenters. The van der Waals surface area contributed by atoms with Gasteiger partial charge in [0, 0.05) is 19.6 Å². The Bertz CT molecular complexity index is 779. The highest BCUT2D eigenvalue weighted by atomic mass is 16.2. The predicted octanol–water partition coefficient (Wildman–Crippen LogP) is 3.81. The molecule has 2 aromatic rings. The van der Waals surface area contributed by atoms with Crippen molar-refractivity contribution >= 4 is 11.8 Å². The van der Waals surface area contributed by atoms with Gasteiger partial charge < -0.3 is 10.2 Å². The largest absolute Gasteiger partial charge is 0.351 e. The first-order valence-electron chi connectivity index (χ1n) is 10.1. The summed E-state index contributed by atoms with van der Waals surface area (Å²) in [6.07, 6.45) is 3.04. The molecule has 0 saturated carbocycles. The molecule has 0 radical (unpaired) electrons. The highest BCUT2D eigenvalue weighted by molar-refractivity contribution is 6.04. The summed E-state index contributed by atoms with van der Waals surface area (Å²) >= 11 is 0. The summed E-state index contributed by atoms with van der Waals surface area (Å²) in [4.78, 5) is 27.5. The number of rotatable bonds is 6. The van der Waals surface area contributed by atoms with Crippen LogP contribution in [0.5, 0.6) is 0 Å². The third-order valence-electron chi connectivity index (χ3n) is 5.67. The lowest BCUT2D eigenvalue weighted by molar-refractivity contribution is -0.149. The van der Waals surface area contributed by atoms with Crippen LogP contribution in [-0.2, 0) is 22.6 Å². The van der Waals surface area contributed by atoms with Crippen molar-refractivity contribution in [3.63, 3.8) is 0 Å². The van der Waals surface area contributed by atoms with Gasteiger partial charge in [0.25, 0.3) is 0 Å². The van der Waals surface area contributed by atoms with Gasteiger partial charge in [0.05, 0.1) is 0 Å². The zero-order valence-corrected chi connectivity index (χ0v) is 16.9. The molecule has 4 nitrogen and oxygen atoms in total. The van der Waals surface area contributed by atoms with E-state index in [9.17, 15) is 9.59 Å². The summed E-state index contributed by atoms with van der Waals surface area (Å²) in [6.45, 7) is 5.35. The molecular weight excluding hydrogens is 348 g/mol. The van der Waals surface area contributed by atoms with E-state index in [1.165, 1.54) is 5.56 Å². The highest BCUT2D eigenvalue weighted by Gasteiger charge is 2.40. The summed E-state index contributed by atoms with van der Waals surface area (Å²) in [5.74, 6) is 0.311. The van der Waals surface area contributed by atoms with E-state index in [1.807, 2.05) is 41.3 Å². The van der Waals surface area contributed by atoms with E-state index in [2.05, 4.69) is 29.6 Å². The van der Waals surface area contributed by atoms with Gasteiger partial charge in [0.15, 0.2) is 0 Å². The number of carbonyl (C=O) groups is 2. The molecule has 2 aromatic carbocycles. The molecule has 2 amide bonds. The summed E-state index contributed by atoms with van der Waals surface area (Å²) in [7, 11) is 0. The molecule has 1 aliphatic rings. The fourth-order valence-electron chi connectivity index (χ4n) is 3.78. The van der Waals surface area contributed by atoms with Crippen LogP contribution in [0.15, 0.2) is 60.7 Å². The van der Waals surface area contributed by atoms with Crippen molar-refractivity contribution in [2.24, 2.45) is 11.3 Å². The SMILES string of the molecule is CC(C)(C(=O)NCc1ccccc1)C(=O)N1CCC(Cc2ccccc2)CC1. The molecule has 0 unspecified atom stereocenters. The first-order chi connectivity index (χ1) is 13.5. The molecular formula is C24H30N2O2. The Labute approximate surface area is 167 Å². The van der Waals surface area contributed by atoms with Gasteiger partial charge in [0.2, 0.25) is 11.8 Å². The second-order valence-corrected chi connectivity index (χ2v) is 8.22. The van der Waals surface area contributed by atoms with Crippen LogP contribution in [0.1, 0.15) is 37.8 Å². The molecule has 3 rings (SSSR count). The second kappa shape index (κ2) is 9.05. The maximum atomic E-state index is 13.0. The Kier molecular flexibility index (Phi) is 6.50. The van der Waals surface area contributed by atoms with E-state index in [1.54, 1.807) is 13.8 Å². The molecule has 28 heavy (non-hydrogen) atoms. The summed E-state index contributed by atoms with van der Waals surface area (Å²) in [6, 6.07) is 20.3. The minimum atomic E-state index is -1.05. The third-order valence-corrected chi connectivity index (χ3v) is 5.67. The van der Waals surface area contributed by atoms with E-state index in [0.717, 1.165) is 37.9 Å². The van der Waals surface area contributed by atoms with E-state index < -0.39 is 5.41 Å². The van der Waals surface area contributed by atoms with Crippen LogP contribution in [0.3, 0.4) is 0 Å². The lowest BCUT2D eigenvalue weighted by atomic mass is 9.86. The minimum absolute atomic E-state index is 0.0729. The fourth-order valence-corrected chi connectivity index (χ4v) is 3.78. The first kappa shape index (κ1) is 20.1. The first-order valence-corrected chi connectivity index (χ1v) is 10.1. The monoisotopic (exact) mass is 378 g/mol. The Balaban J connectivity index is 1.50. The van der Waals surface area contributed by atoms with E-state index in [-0.39, 0.29) is 11.8 Å². The standard InChI is InChI=1S/C24H30N2O2/c1-24(2,22(27)25-18-21-11-7-4-8-12-21)23(28)26-15-13-20(14-16-26)17-19-9-5-3-6-10-19/h3-12,20H,13-18H2,1-2H3,(H,25,27). The highest BCUT2D eigenvalue weighted by Crippen LogP contribution is 2.26. The van der Waals surface area contributed by atoms with Gasteiger partial charge in [0.1, 0.15) is 5.41 Å². The molecule has 1 N–H and O–H groups in total. The number of carbonyl (C=O) groups excluding carboxylic acids is 2. The number of nitrogens with zero attached hydrogens (tertiary/aromatic N) is 1. The number of benzene rings is 2. The number of nitrogens with one attached hydrogen (secondary N) is 1. The number of hydrogen-bond acceptors (Lipinski definition) is 2. The predicted molar refractivity (Wildman–Crippen MR) is 112 cm³/mol. The number of amides is 2. The van der Waals surface area contributed by atoms with Crippen LogP contribution in [0, 0.1) is 11.3 Å². The zero-order valence-electron chi connectivity index (χ0n) is 16.9. The normalized spacial score (nSPS) is 15.3. The van der Waals surface area contributed by atoms with Crippen molar-refractivity contribution in [2.45, 2.75) is 39.7 Å². The van der Waals surface area contributed by atoms with Crippen molar-refractivity contribution < 1.29 is 9.59 Å². The van der Waals surface area contributed by atoms with Gasteiger partial charge in [-0.15, -0.1) is 0 Å². The second-order valence-electron chi connectivity index (χ2n) is 8.22. The Hall–Kier alpha value is -2.62. The lowest BCUT2D eigenvalue weighted by Gasteiger charge is -2.36. The quantitative estimate of drug-likeness (QED) is 0.777. The van der Waals surface area contributed by atoms with Crippen molar-refractivity contribution in [3.05, 3.63) is 71.8 Å². The fraction of sp³-hybridized carbons (Fsp3) is 0.417. The van der Waals surface area contributed by atoms with Gasteiger partial charge >= 0.3 is 0 Å². The molecule has 0 bridgehead atoms. The number of piperidine rings is 1. The smallest absolute Gasteiger partial charge is 0.237 e. The average Bonchev–Trinajstić information content (AvgIpc) is 2.73. The Morgan fingerprint density at radius 3 is 2.04 bits per heavy atom. The number of likely N-dealkylation sites (tertiary alicyclic amines) is 1. The Morgan fingerprint density at radius 2 is 1.46 bits per heavy atom. The minimum Gasteiger partial charge on any atom is -0.351 e. The third kappa shape index (κ3) is 5.00. The van der Waals surface area contributed by atoms with Crippen molar-refractivity contribution in [2.75, 3.05) is 13.1 Å². The molecule has 0 aliphatic carbocycles. The van der Waals surface area contributed by atoms with Crippen molar-refractivity contribution in [1.82, 2.24) is 10.2 Å². The van der Waals surface area contributed by atoms with Crippen molar-refractivity contribution in [1.29, 1.82) is 0 Å². The summed E-state index contributed by atoms with van der Waals surface area (Å²) < 4.78 is 0. The topological polar surface area (TPSA) is 49.4 Å². The van der Waals surface area contributed by atoms with E-state index >= 15 is 0 Å². The summed E-state index contributed by atoms with van der Waals surface area (Å²) in [5, 5.41) is 2.91. The van der Waals surface area contributed by atoms with Crippen LogP contribution < -0.4 is 5.32 Å². The van der Waals surface area contributed by atoms with Crippen LogP contribution in [0.2, 0.25) is 0 Å². The van der Waals surface area contributed by atoms with Gasteiger partial charge in [-0.05, 0) is 50.2 Å². The number of hydrogen-bond donors (Lipinski definition) is 1. The van der Waals surface area contributed by atoms with E-state index in [4.69, 9.17) is 0 Å². The van der Waals surface area contributed by atoms with Crippen LogP contribution >= 0.6 is 0 Å². The van der Waals surface area contributed by atoms with Gasteiger partial charge in [-0.25, -0.2) is 0 Å².